The molecule has 2 N–H and O–H groups in total. The zero-order chi connectivity index (χ0) is 15.0. The molecule has 5 nitrogen and oxygen atoms in total. The van der Waals surface area contributed by atoms with Crippen molar-refractivity contribution in [3.8, 4) is 0 Å². The van der Waals surface area contributed by atoms with Gasteiger partial charge in [0, 0.05) is 18.5 Å². The topological polar surface area (TPSA) is 69.6 Å². The third kappa shape index (κ3) is 7.15. The number of nitrogens with zero attached hydrogens (tertiary/aromatic N) is 1. The van der Waals surface area contributed by atoms with Crippen LogP contribution < -0.4 is 5.32 Å². The first kappa shape index (κ1) is 17.9. The van der Waals surface area contributed by atoms with Crippen LogP contribution in [0.2, 0.25) is 0 Å². The van der Waals surface area contributed by atoms with E-state index in [0.717, 1.165) is 19.4 Å². The van der Waals surface area contributed by atoms with E-state index >= 15 is 0 Å². The van der Waals surface area contributed by atoms with Gasteiger partial charge in [-0.05, 0) is 40.3 Å². The van der Waals surface area contributed by atoms with Gasteiger partial charge in [-0.1, -0.05) is 13.8 Å². The number of unbranched alkanes of at least 4 members (excludes halogenated alkanes) is 1. The second-order valence-electron chi connectivity index (χ2n) is 5.49. The van der Waals surface area contributed by atoms with E-state index in [0.29, 0.717) is 12.6 Å². The van der Waals surface area contributed by atoms with Crippen LogP contribution in [0.1, 0.15) is 40.5 Å². The molecule has 0 rings (SSSR count). The van der Waals surface area contributed by atoms with E-state index in [2.05, 4.69) is 31.1 Å². The van der Waals surface area contributed by atoms with Crippen molar-refractivity contribution in [2.75, 3.05) is 20.1 Å². The molecule has 0 heterocycles. The minimum Gasteiger partial charge on any atom is -0.481 e. The molecule has 2 unspecified atom stereocenters. The van der Waals surface area contributed by atoms with Gasteiger partial charge >= 0.3 is 5.97 Å². The van der Waals surface area contributed by atoms with Crippen molar-refractivity contribution in [2.45, 2.75) is 46.6 Å². The van der Waals surface area contributed by atoms with Crippen molar-refractivity contribution in [3.63, 3.8) is 0 Å². The normalized spacial score (nSPS) is 14.5. The lowest BCUT2D eigenvalue weighted by atomic mass is 9.95. The van der Waals surface area contributed by atoms with Gasteiger partial charge < -0.3 is 15.3 Å². The van der Waals surface area contributed by atoms with Gasteiger partial charge in [-0.25, -0.2) is 0 Å². The number of carboxylic acids is 1. The van der Waals surface area contributed by atoms with Gasteiger partial charge in [-0.3, -0.25) is 9.59 Å². The third-order valence-electron chi connectivity index (χ3n) is 3.67. The summed E-state index contributed by atoms with van der Waals surface area (Å²) in [7, 11) is 2.08. The molecular weight excluding hydrogens is 244 g/mol. The van der Waals surface area contributed by atoms with E-state index in [4.69, 9.17) is 5.11 Å². The van der Waals surface area contributed by atoms with Crippen molar-refractivity contribution >= 4 is 11.9 Å². The quantitative estimate of drug-likeness (QED) is 0.625. The first-order valence-electron chi connectivity index (χ1n) is 6.98. The fourth-order valence-corrected chi connectivity index (χ4v) is 1.56. The molecule has 0 saturated carbocycles. The van der Waals surface area contributed by atoms with Crippen LogP contribution in [0.15, 0.2) is 0 Å². The summed E-state index contributed by atoms with van der Waals surface area (Å²) in [4.78, 5) is 24.7. The number of carbonyl (C=O) groups is 2. The highest BCUT2D eigenvalue weighted by atomic mass is 16.4. The first-order valence-corrected chi connectivity index (χ1v) is 6.98. The lowest BCUT2D eigenvalue weighted by Gasteiger charge is -2.21. The number of carboxylic acid groups (broad SMARTS) is 1. The monoisotopic (exact) mass is 272 g/mol. The summed E-state index contributed by atoms with van der Waals surface area (Å²) >= 11 is 0. The Bertz CT molecular complexity index is 292. The smallest absolute Gasteiger partial charge is 0.307 e. The summed E-state index contributed by atoms with van der Waals surface area (Å²) in [6, 6.07) is 0.533. The maximum Gasteiger partial charge on any atom is 0.307 e. The Labute approximate surface area is 116 Å². The lowest BCUT2D eigenvalue weighted by Crippen LogP contribution is -2.36. The molecule has 5 heteroatoms. The van der Waals surface area contributed by atoms with Crippen LogP contribution in [0, 0.1) is 11.8 Å². The fourth-order valence-electron chi connectivity index (χ4n) is 1.56. The van der Waals surface area contributed by atoms with Crippen LogP contribution in [0.3, 0.4) is 0 Å². The zero-order valence-electron chi connectivity index (χ0n) is 12.8. The number of nitrogens with one attached hydrogen (secondary N) is 1. The average molecular weight is 272 g/mol. The molecule has 112 valence electrons. The zero-order valence-corrected chi connectivity index (χ0v) is 12.8. The van der Waals surface area contributed by atoms with Crippen LogP contribution in [0.4, 0.5) is 0 Å². The Morgan fingerprint density at radius 1 is 1.11 bits per heavy atom. The van der Waals surface area contributed by atoms with Crippen molar-refractivity contribution < 1.29 is 14.7 Å². The minimum atomic E-state index is -0.929. The van der Waals surface area contributed by atoms with Crippen LogP contribution >= 0.6 is 0 Å². The van der Waals surface area contributed by atoms with Gasteiger partial charge in [0.2, 0.25) is 5.91 Å². The van der Waals surface area contributed by atoms with Crippen LogP contribution in [0.5, 0.6) is 0 Å². The first-order chi connectivity index (χ1) is 8.77. The van der Waals surface area contributed by atoms with E-state index in [-0.39, 0.29) is 5.91 Å². The molecule has 0 radical (unpaired) electrons. The summed E-state index contributed by atoms with van der Waals surface area (Å²) in [6.45, 7) is 9.13. The van der Waals surface area contributed by atoms with Crippen LogP contribution in [0.25, 0.3) is 0 Å². The molecule has 0 aliphatic rings. The van der Waals surface area contributed by atoms with Gasteiger partial charge in [0.25, 0.3) is 0 Å². The fraction of sp³-hybridized carbons (Fsp3) is 0.857. The largest absolute Gasteiger partial charge is 0.481 e. The van der Waals surface area contributed by atoms with E-state index < -0.39 is 17.8 Å². The Kier molecular flexibility index (Phi) is 8.39. The molecule has 2 atom stereocenters. The summed E-state index contributed by atoms with van der Waals surface area (Å²) in [5.41, 5.74) is 0. The Balaban J connectivity index is 3.78. The van der Waals surface area contributed by atoms with Crippen molar-refractivity contribution in [1.82, 2.24) is 10.2 Å². The van der Waals surface area contributed by atoms with Crippen molar-refractivity contribution in [1.29, 1.82) is 0 Å². The highest BCUT2D eigenvalue weighted by molar-refractivity contribution is 5.84. The molecule has 1 amide bonds. The predicted molar refractivity (Wildman–Crippen MR) is 76.0 cm³/mol. The number of carbonyl (C=O) groups excluding carboxylic acids is 1. The second-order valence-corrected chi connectivity index (χ2v) is 5.49. The molecule has 0 fully saturated rings. The number of aliphatic carboxylic acids is 1. The summed E-state index contributed by atoms with van der Waals surface area (Å²) < 4.78 is 0. The van der Waals surface area contributed by atoms with Crippen LogP contribution in [-0.2, 0) is 9.59 Å². The highest BCUT2D eigenvalue weighted by Gasteiger charge is 2.25. The number of amides is 1. The molecule has 0 aromatic rings. The Morgan fingerprint density at radius 2 is 1.68 bits per heavy atom. The molecular formula is C14H28N2O3. The van der Waals surface area contributed by atoms with Gasteiger partial charge in [0.15, 0.2) is 0 Å². The summed E-state index contributed by atoms with van der Waals surface area (Å²) in [5, 5.41) is 11.6. The number of rotatable bonds is 9. The number of hydrogen-bond donors (Lipinski definition) is 2. The molecule has 0 aliphatic heterocycles. The molecule has 0 spiro atoms. The molecule has 0 aromatic heterocycles. The summed E-state index contributed by atoms with van der Waals surface area (Å²) in [5.74, 6) is -2.24. The average Bonchev–Trinajstić information content (AvgIpc) is 2.35. The Morgan fingerprint density at radius 3 is 2.16 bits per heavy atom. The van der Waals surface area contributed by atoms with E-state index in [9.17, 15) is 9.59 Å². The maximum absolute atomic E-state index is 11.7. The second kappa shape index (κ2) is 8.91. The van der Waals surface area contributed by atoms with Gasteiger partial charge in [0.1, 0.15) is 0 Å². The summed E-state index contributed by atoms with van der Waals surface area (Å²) in [6.07, 6.45) is 1.94. The molecule has 0 aliphatic carbocycles. The van der Waals surface area contributed by atoms with Gasteiger partial charge in [-0.15, -0.1) is 0 Å². The highest BCUT2D eigenvalue weighted by Crippen LogP contribution is 2.10. The van der Waals surface area contributed by atoms with Gasteiger partial charge in [-0.2, -0.15) is 0 Å². The van der Waals surface area contributed by atoms with Gasteiger partial charge in [0.05, 0.1) is 5.92 Å². The van der Waals surface area contributed by atoms with Crippen molar-refractivity contribution in [2.24, 2.45) is 11.8 Å². The maximum atomic E-state index is 11.7. The molecule has 0 bridgehead atoms. The standard InChI is InChI=1S/C14H28N2O3/c1-10(2)16(5)9-7-6-8-15-13(17)11(3)12(4)14(18)19/h10-12H,6-9H2,1-5H3,(H,15,17)(H,18,19). The predicted octanol–water partition coefficient (Wildman–Crippen LogP) is 1.58. The third-order valence-corrected chi connectivity index (χ3v) is 3.67. The van der Waals surface area contributed by atoms with E-state index in [1.54, 1.807) is 13.8 Å². The van der Waals surface area contributed by atoms with E-state index in [1.165, 1.54) is 0 Å². The molecule has 0 aromatic carbocycles. The Hall–Kier alpha value is -1.10. The van der Waals surface area contributed by atoms with Crippen molar-refractivity contribution in [3.05, 3.63) is 0 Å². The van der Waals surface area contributed by atoms with E-state index in [1.807, 2.05) is 0 Å². The SMILES string of the molecule is CC(C(=O)O)C(C)C(=O)NCCCCN(C)C(C)C. The van der Waals surface area contributed by atoms with Crippen LogP contribution in [-0.4, -0.2) is 48.1 Å². The molecule has 0 saturated heterocycles. The lowest BCUT2D eigenvalue weighted by molar-refractivity contribution is -0.146. The number of hydrogen-bond acceptors (Lipinski definition) is 3. The molecule has 19 heavy (non-hydrogen) atoms. The minimum absolute atomic E-state index is 0.174.